The SMILES string of the molecule is COC(=O)N/N=C(\CN1CCC(CN2Cc3ccccc3C2=O)CC1)c1ccc(F)cc1.O=C(O)/C=C/C(=O)O. The summed E-state index contributed by atoms with van der Waals surface area (Å²) < 4.78 is 17.9. The van der Waals surface area contributed by atoms with E-state index < -0.39 is 18.0 Å². The minimum absolute atomic E-state index is 0.127. The Balaban J connectivity index is 0.000000482. The van der Waals surface area contributed by atoms with E-state index in [0.717, 1.165) is 49.2 Å². The Morgan fingerprint density at radius 1 is 1.05 bits per heavy atom. The maximum atomic E-state index is 13.3. The van der Waals surface area contributed by atoms with Gasteiger partial charge in [0.2, 0.25) is 0 Å². The van der Waals surface area contributed by atoms with E-state index in [-0.39, 0.29) is 11.7 Å². The first-order chi connectivity index (χ1) is 19.2. The largest absolute Gasteiger partial charge is 0.478 e. The van der Waals surface area contributed by atoms with Gasteiger partial charge >= 0.3 is 18.0 Å². The fraction of sp³-hybridized carbons (Fsp3) is 0.321. The maximum absolute atomic E-state index is 13.3. The van der Waals surface area contributed by atoms with E-state index in [0.29, 0.717) is 36.9 Å². The van der Waals surface area contributed by atoms with Gasteiger partial charge in [0.05, 0.1) is 12.8 Å². The van der Waals surface area contributed by atoms with Crippen molar-refractivity contribution in [3.63, 3.8) is 0 Å². The average molecular weight is 555 g/mol. The van der Waals surface area contributed by atoms with Crippen molar-refractivity contribution in [2.24, 2.45) is 11.0 Å². The summed E-state index contributed by atoms with van der Waals surface area (Å²) in [6.45, 7) is 3.70. The quantitative estimate of drug-likeness (QED) is 0.256. The minimum atomic E-state index is -1.26. The van der Waals surface area contributed by atoms with E-state index in [1.54, 1.807) is 12.1 Å². The van der Waals surface area contributed by atoms with Gasteiger partial charge < -0.3 is 19.8 Å². The summed E-state index contributed by atoms with van der Waals surface area (Å²) in [5.41, 5.74) is 5.67. The van der Waals surface area contributed by atoms with Crippen LogP contribution in [-0.4, -0.2) is 83.0 Å². The van der Waals surface area contributed by atoms with Crippen LogP contribution in [0.4, 0.5) is 9.18 Å². The first kappa shape index (κ1) is 30.0. The number of methoxy groups -OCH3 is 1. The molecule has 2 aromatic carbocycles. The van der Waals surface area contributed by atoms with Crippen LogP contribution >= 0.6 is 0 Å². The molecule has 2 aliphatic rings. The summed E-state index contributed by atoms with van der Waals surface area (Å²) in [6, 6.07) is 13.9. The molecule has 1 saturated heterocycles. The topological polar surface area (TPSA) is 149 Å². The Hall–Kier alpha value is -4.58. The standard InChI is InChI=1S/C24H27FN4O3.C4H4O4/c1-32-24(31)27-26-22(18-6-8-20(25)9-7-18)16-28-12-10-17(11-13-28)14-29-15-19-4-2-3-5-21(19)23(29)30;5-3(6)1-2-4(7)8/h2-9,17H,10-16H2,1H3,(H,27,31);1-2H,(H,5,6)(H,7,8)/b26-22+;2-1+. The van der Waals surface area contributed by atoms with Crippen LogP contribution in [-0.2, 0) is 20.9 Å². The molecule has 0 aliphatic carbocycles. The number of ether oxygens (including phenoxy) is 1. The minimum Gasteiger partial charge on any atom is -0.478 e. The highest BCUT2D eigenvalue weighted by Crippen LogP contribution is 2.26. The molecule has 40 heavy (non-hydrogen) atoms. The number of carbonyl (C=O) groups excluding carboxylic acids is 2. The summed E-state index contributed by atoms with van der Waals surface area (Å²) in [7, 11) is 1.27. The number of amides is 2. The van der Waals surface area contributed by atoms with Crippen LogP contribution in [0.2, 0.25) is 0 Å². The molecule has 2 heterocycles. The molecule has 0 atom stereocenters. The van der Waals surface area contributed by atoms with Crippen molar-refractivity contribution in [1.29, 1.82) is 0 Å². The van der Waals surface area contributed by atoms with Gasteiger partial charge in [-0.05, 0) is 61.2 Å². The molecule has 0 bridgehead atoms. The Morgan fingerprint density at radius 2 is 1.68 bits per heavy atom. The lowest BCUT2D eigenvalue weighted by Crippen LogP contribution is -2.41. The number of piperidine rings is 1. The van der Waals surface area contributed by atoms with Gasteiger partial charge in [-0.15, -0.1) is 0 Å². The molecule has 0 unspecified atom stereocenters. The van der Waals surface area contributed by atoms with Crippen LogP contribution in [0.3, 0.4) is 0 Å². The number of nitrogens with one attached hydrogen (secondary N) is 1. The molecular formula is C28H31FN4O7. The highest BCUT2D eigenvalue weighted by molar-refractivity contribution is 6.02. The zero-order chi connectivity index (χ0) is 29.1. The van der Waals surface area contributed by atoms with E-state index >= 15 is 0 Å². The van der Waals surface area contributed by atoms with Crippen molar-refractivity contribution in [3.05, 3.63) is 83.2 Å². The highest BCUT2D eigenvalue weighted by atomic mass is 19.1. The molecule has 2 amide bonds. The summed E-state index contributed by atoms with van der Waals surface area (Å²) in [5.74, 6) is -2.26. The number of hydrazone groups is 1. The van der Waals surface area contributed by atoms with Gasteiger partial charge in [0.15, 0.2) is 0 Å². The van der Waals surface area contributed by atoms with Crippen LogP contribution in [0.5, 0.6) is 0 Å². The van der Waals surface area contributed by atoms with Crippen LogP contribution < -0.4 is 5.43 Å². The average Bonchev–Trinajstić information content (AvgIpc) is 3.26. The zero-order valence-corrected chi connectivity index (χ0v) is 22.0. The number of nitrogens with zero attached hydrogens (tertiary/aromatic N) is 3. The summed E-state index contributed by atoms with van der Waals surface area (Å²) >= 11 is 0. The monoisotopic (exact) mass is 554 g/mol. The van der Waals surface area contributed by atoms with E-state index in [2.05, 4.69) is 20.2 Å². The summed E-state index contributed by atoms with van der Waals surface area (Å²) in [4.78, 5) is 47.4. The van der Waals surface area contributed by atoms with Crippen molar-refractivity contribution < 1.29 is 38.5 Å². The third-order valence-corrected chi connectivity index (χ3v) is 6.47. The number of carboxylic acid groups (broad SMARTS) is 2. The lowest BCUT2D eigenvalue weighted by Gasteiger charge is -2.34. The summed E-state index contributed by atoms with van der Waals surface area (Å²) in [6.07, 6.45) is 2.41. The summed E-state index contributed by atoms with van der Waals surface area (Å²) in [5, 5.41) is 19.8. The van der Waals surface area contributed by atoms with Crippen molar-refractivity contribution in [2.45, 2.75) is 19.4 Å². The van der Waals surface area contributed by atoms with E-state index in [4.69, 9.17) is 10.2 Å². The molecular weight excluding hydrogens is 523 g/mol. The normalized spacial score (nSPS) is 15.8. The lowest BCUT2D eigenvalue weighted by molar-refractivity contribution is -0.134. The molecule has 12 heteroatoms. The number of halogens is 1. The van der Waals surface area contributed by atoms with Crippen LogP contribution in [0.1, 0.15) is 34.3 Å². The fourth-order valence-corrected chi connectivity index (χ4v) is 4.45. The number of aliphatic carboxylic acids is 2. The second-order valence-electron chi connectivity index (χ2n) is 9.24. The molecule has 2 aromatic rings. The second-order valence-corrected chi connectivity index (χ2v) is 9.24. The number of hydrogen-bond acceptors (Lipinski definition) is 7. The molecule has 0 radical (unpaired) electrons. The molecule has 1 fully saturated rings. The van der Waals surface area contributed by atoms with Gasteiger partial charge in [0.25, 0.3) is 5.91 Å². The van der Waals surface area contributed by atoms with Crippen LogP contribution in [0.15, 0.2) is 65.8 Å². The molecule has 0 aromatic heterocycles. The predicted molar refractivity (Wildman–Crippen MR) is 143 cm³/mol. The number of benzene rings is 2. The lowest BCUT2D eigenvalue weighted by atomic mass is 9.95. The van der Waals surface area contributed by atoms with Gasteiger partial charge in [-0.2, -0.15) is 5.10 Å². The maximum Gasteiger partial charge on any atom is 0.427 e. The number of likely N-dealkylation sites (tertiary alicyclic amines) is 1. The number of carboxylic acids is 2. The van der Waals surface area contributed by atoms with E-state index in [9.17, 15) is 23.6 Å². The smallest absolute Gasteiger partial charge is 0.427 e. The zero-order valence-electron chi connectivity index (χ0n) is 22.0. The second kappa shape index (κ2) is 14.5. The Morgan fingerprint density at radius 3 is 2.25 bits per heavy atom. The third-order valence-electron chi connectivity index (χ3n) is 6.47. The molecule has 11 nitrogen and oxygen atoms in total. The van der Waals surface area contributed by atoms with Crippen molar-refractivity contribution in [3.8, 4) is 0 Å². The molecule has 0 spiro atoms. The third kappa shape index (κ3) is 9.02. The van der Waals surface area contributed by atoms with Crippen molar-refractivity contribution in [1.82, 2.24) is 15.2 Å². The highest BCUT2D eigenvalue weighted by Gasteiger charge is 2.30. The predicted octanol–water partition coefficient (Wildman–Crippen LogP) is 2.97. The fourth-order valence-electron chi connectivity index (χ4n) is 4.45. The van der Waals surface area contributed by atoms with Gasteiger partial charge in [-0.25, -0.2) is 24.2 Å². The first-order valence-corrected chi connectivity index (χ1v) is 12.6. The molecule has 3 N–H and O–H groups in total. The Kier molecular flexibility index (Phi) is 10.9. The number of fused-ring (bicyclic) bond motifs is 1. The van der Waals surface area contributed by atoms with Gasteiger partial charge in [0, 0.05) is 37.3 Å². The Labute approximate surface area is 230 Å². The van der Waals surface area contributed by atoms with E-state index in [1.165, 1.54) is 19.2 Å². The van der Waals surface area contributed by atoms with Crippen molar-refractivity contribution >= 4 is 29.7 Å². The van der Waals surface area contributed by atoms with Gasteiger partial charge in [0.1, 0.15) is 5.82 Å². The molecule has 2 aliphatic heterocycles. The number of hydrogen-bond donors (Lipinski definition) is 3. The molecule has 212 valence electrons. The number of carbonyl (C=O) groups is 4. The molecule has 0 saturated carbocycles. The Bertz CT molecular complexity index is 1260. The van der Waals surface area contributed by atoms with Crippen LogP contribution in [0.25, 0.3) is 0 Å². The van der Waals surface area contributed by atoms with Gasteiger partial charge in [-0.3, -0.25) is 9.69 Å². The number of rotatable bonds is 8. The first-order valence-electron chi connectivity index (χ1n) is 12.6. The van der Waals surface area contributed by atoms with Crippen molar-refractivity contribution in [2.75, 3.05) is 33.3 Å². The van der Waals surface area contributed by atoms with Gasteiger partial charge in [-0.1, -0.05) is 30.3 Å². The van der Waals surface area contributed by atoms with Crippen LogP contribution in [0, 0.1) is 11.7 Å². The molecule has 4 rings (SSSR count). The van der Waals surface area contributed by atoms with E-state index in [1.807, 2.05) is 29.2 Å².